The van der Waals surface area contributed by atoms with Crippen molar-refractivity contribution in [2.45, 2.75) is 0 Å². The molecule has 0 spiro atoms. The van der Waals surface area contributed by atoms with Crippen molar-refractivity contribution >= 4 is 17.0 Å². The number of hydrogen-bond donors (Lipinski definition) is 0. The van der Waals surface area contributed by atoms with Crippen LogP contribution in [0.5, 0.6) is 0 Å². The lowest BCUT2D eigenvalue weighted by Crippen LogP contribution is -1.82. The molecule has 0 N–H and O–H groups in total. The standard InChI is InChI=1S/C5H6O.BrH/c1-2-4-6-5-3-1;/h1-4H,5H2;1H. The first-order chi connectivity index (χ1) is 3.00. The van der Waals surface area contributed by atoms with E-state index in [-0.39, 0.29) is 17.0 Å². The van der Waals surface area contributed by atoms with Gasteiger partial charge in [-0.15, -0.1) is 17.0 Å². The third kappa shape index (κ3) is 2.45. The van der Waals surface area contributed by atoms with Gasteiger partial charge in [-0.05, 0) is 12.2 Å². The van der Waals surface area contributed by atoms with Gasteiger partial charge in [0, 0.05) is 0 Å². The van der Waals surface area contributed by atoms with Crippen LogP contribution in [0, 0.1) is 0 Å². The fraction of sp³-hybridized carbons (Fsp3) is 0.200. The van der Waals surface area contributed by atoms with Crippen LogP contribution in [0.3, 0.4) is 0 Å². The Labute approximate surface area is 53.4 Å². The van der Waals surface area contributed by atoms with Crippen molar-refractivity contribution in [3.63, 3.8) is 0 Å². The predicted octanol–water partition coefficient (Wildman–Crippen LogP) is 1.66. The molecule has 0 saturated carbocycles. The molecule has 40 valence electrons. The minimum atomic E-state index is 0. The van der Waals surface area contributed by atoms with Gasteiger partial charge in [0.2, 0.25) is 0 Å². The molecule has 1 rings (SSSR count). The van der Waals surface area contributed by atoms with Gasteiger partial charge in [-0.2, -0.15) is 0 Å². The maximum atomic E-state index is 4.80. The summed E-state index contributed by atoms with van der Waals surface area (Å²) in [6.07, 6.45) is 7.47. The third-order valence-electron chi connectivity index (χ3n) is 0.614. The number of hydrogen-bond acceptors (Lipinski definition) is 1. The van der Waals surface area contributed by atoms with Crippen molar-refractivity contribution in [1.82, 2.24) is 0 Å². The van der Waals surface area contributed by atoms with Gasteiger partial charge in [0.15, 0.2) is 0 Å². The Hall–Kier alpha value is -0.240. The molecular formula is C5H7BrO. The van der Waals surface area contributed by atoms with E-state index in [4.69, 9.17) is 4.74 Å². The second-order valence-electron chi connectivity index (χ2n) is 1.09. The highest BCUT2D eigenvalue weighted by Crippen LogP contribution is 1.87. The first kappa shape index (κ1) is 6.76. The van der Waals surface area contributed by atoms with Gasteiger partial charge in [0.05, 0.1) is 6.26 Å². The van der Waals surface area contributed by atoms with Crippen LogP contribution in [0.4, 0.5) is 0 Å². The van der Waals surface area contributed by atoms with E-state index in [1.165, 1.54) is 0 Å². The Kier molecular flexibility index (Phi) is 3.80. The van der Waals surface area contributed by atoms with Gasteiger partial charge >= 0.3 is 0 Å². The smallest absolute Gasteiger partial charge is 0.106 e. The Bertz CT molecular complexity index is 74.1. The number of ether oxygens (including phenoxy) is 1. The van der Waals surface area contributed by atoms with Crippen molar-refractivity contribution in [1.29, 1.82) is 0 Å². The van der Waals surface area contributed by atoms with Gasteiger partial charge in [0.25, 0.3) is 0 Å². The molecule has 0 aromatic heterocycles. The second kappa shape index (κ2) is 3.93. The molecular weight excluding hydrogens is 156 g/mol. The van der Waals surface area contributed by atoms with Gasteiger partial charge in [0.1, 0.15) is 6.61 Å². The molecule has 0 atom stereocenters. The predicted molar refractivity (Wildman–Crippen MR) is 34.6 cm³/mol. The lowest BCUT2D eigenvalue weighted by Gasteiger charge is -1.94. The highest BCUT2D eigenvalue weighted by molar-refractivity contribution is 8.93. The van der Waals surface area contributed by atoms with Crippen LogP contribution in [0.2, 0.25) is 0 Å². The molecule has 7 heavy (non-hydrogen) atoms. The van der Waals surface area contributed by atoms with Crippen molar-refractivity contribution in [3.05, 3.63) is 24.5 Å². The maximum absolute atomic E-state index is 4.80. The van der Waals surface area contributed by atoms with Crippen LogP contribution in [0.25, 0.3) is 0 Å². The summed E-state index contributed by atoms with van der Waals surface area (Å²) < 4.78 is 4.80. The number of halogens is 1. The molecule has 0 radical (unpaired) electrons. The Balaban J connectivity index is 0.000000360. The highest BCUT2D eigenvalue weighted by Gasteiger charge is 1.75. The van der Waals surface area contributed by atoms with E-state index in [1.807, 2.05) is 18.2 Å². The van der Waals surface area contributed by atoms with E-state index in [1.54, 1.807) is 6.26 Å². The molecule has 1 heterocycles. The average molecular weight is 163 g/mol. The molecule has 1 nitrogen and oxygen atoms in total. The molecule has 0 unspecified atom stereocenters. The third-order valence-corrected chi connectivity index (χ3v) is 0.614. The highest BCUT2D eigenvalue weighted by atomic mass is 79.9. The second-order valence-corrected chi connectivity index (χ2v) is 1.09. The molecule has 0 saturated heterocycles. The van der Waals surface area contributed by atoms with Gasteiger partial charge < -0.3 is 4.74 Å². The SMILES string of the molecule is Br.C1=CCOC=C1. The topological polar surface area (TPSA) is 9.23 Å². The number of rotatable bonds is 0. The quantitative estimate of drug-likeness (QED) is 0.527. The van der Waals surface area contributed by atoms with E-state index in [2.05, 4.69) is 0 Å². The zero-order valence-electron chi connectivity index (χ0n) is 3.83. The van der Waals surface area contributed by atoms with Gasteiger partial charge in [-0.3, -0.25) is 0 Å². The summed E-state index contributed by atoms with van der Waals surface area (Å²) in [5, 5.41) is 0. The summed E-state index contributed by atoms with van der Waals surface area (Å²) in [5.41, 5.74) is 0. The molecule has 0 aromatic carbocycles. The van der Waals surface area contributed by atoms with Gasteiger partial charge in [-0.25, -0.2) is 0 Å². The lowest BCUT2D eigenvalue weighted by atomic mass is 10.5. The first-order valence-corrected chi connectivity index (χ1v) is 1.93. The molecule has 0 bridgehead atoms. The molecule has 1 aliphatic rings. The molecule has 0 fully saturated rings. The van der Waals surface area contributed by atoms with Crippen LogP contribution in [-0.4, -0.2) is 6.61 Å². The van der Waals surface area contributed by atoms with E-state index in [9.17, 15) is 0 Å². The normalized spacial score (nSPS) is 14.9. The fourth-order valence-electron chi connectivity index (χ4n) is 0.346. The zero-order chi connectivity index (χ0) is 4.24. The van der Waals surface area contributed by atoms with E-state index in [0.29, 0.717) is 0 Å². The van der Waals surface area contributed by atoms with E-state index >= 15 is 0 Å². The lowest BCUT2D eigenvalue weighted by molar-refractivity contribution is 0.286. The van der Waals surface area contributed by atoms with Crippen molar-refractivity contribution in [2.24, 2.45) is 0 Å². The Morgan fingerprint density at radius 1 is 1.29 bits per heavy atom. The van der Waals surface area contributed by atoms with Crippen LogP contribution in [0.1, 0.15) is 0 Å². The zero-order valence-corrected chi connectivity index (χ0v) is 5.55. The van der Waals surface area contributed by atoms with Crippen molar-refractivity contribution in [3.8, 4) is 0 Å². The largest absolute Gasteiger partial charge is 0.497 e. The van der Waals surface area contributed by atoms with Crippen LogP contribution in [0.15, 0.2) is 24.5 Å². The Morgan fingerprint density at radius 2 is 2.14 bits per heavy atom. The molecule has 0 amide bonds. The summed E-state index contributed by atoms with van der Waals surface area (Å²) in [6, 6.07) is 0. The Morgan fingerprint density at radius 3 is 2.29 bits per heavy atom. The first-order valence-electron chi connectivity index (χ1n) is 1.93. The van der Waals surface area contributed by atoms with Crippen molar-refractivity contribution in [2.75, 3.05) is 6.61 Å². The van der Waals surface area contributed by atoms with E-state index in [0.717, 1.165) is 6.61 Å². The molecule has 1 aliphatic heterocycles. The van der Waals surface area contributed by atoms with Crippen LogP contribution < -0.4 is 0 Å². The minimum Gasteiger partial charge on any atom is -0.497 e. The van der Waals surface area contributed by atoms with E-state index < -0.39 is 0 Å². The summed E-state index contributed by atoms with van der Waals surface area (Å²) >= 11 is 0. The average Bonchev–Trinajstić information content (AvgIpc) is 1.72. The fourth-order valence-corrected chi connectivity index (χ4v) is 0.346. The number of allylic oxidation sites excluding steroid dienone is 2. The monoisotopic (exact) mass is 162 g/mol. The van der Waals surface area contributed by atoms with Crippen LogP contribution >= 0.6 is 17.0 Å². The summed E-state index contributed by atoms with van der Waals surface area (Å²) in [6.45, 7) is 0.733. The summed E-state index contributed by atoms with van der Waals surface area (Å²) in [4.78, 5) is 0. The molecule has 0 aromatic rings. The van der Waals surface area contributed by atoms with Gasteiger partial charge in [-0.1, -0.05) is 6.08 Å². The van der Waals surface area contributed by atoms with Crippen LogP contribution in [-0.2, 0) is 4.74 Å². The maximum Gasteiger partial charge on any atom is 0.106 e. The molecule has 2 heteroatoms. The summed E-state index contributed by atoms with van der Waals surface area (Å²) in [7, 11) is 0. The van der Waals surface area contributed by atoms with Crippen molar-refractivity contribution < 1.29 is 4.74 Å². The molecule has 0 aliphatic carbocycles. The summed E-state index contributed by atoms with van der Waals surface area (Å²) in [5.74, 6) is 0. The minimum absolute atomic E-state index is 0.